The Labute approximate surface area is 256 Å². The number of aryl methyl sites for hydroxylation is 1. The molecule has 0 unspecified atom stereocenters. The Morgan fingerprint density at radius 2 is 1.93 bits per heavy atom. The molecule has 6 rings (SSSR count). The summed E-state index contributed by atoms with van der Waals surface area (Å²) in [4.78, 5) is 34.1. The summed E-state index contributed by atoms with van der Waals surface area (Å²) < 4.78 is 17.5. The molecule has 3 aromatic rings. The Morgan fingerprint density at radius 1 is 1.12 bits per heavy atom. The van der Waals surface area contributed by atoms with Crippen LogP contribution < -0.4 is 9.64 Å². The van der Waals surface area contributed by atoms with Crippen molar-refractivity contribution in [3.8, 4) is 17.0 Å². The van der Waals surface area contributed by atoms with Crippen LogP contribution in [0.2, 0.25) is 0 Å². The second-order valence-electron chi connectivity index (χ2n) is 11.7. The molecule has 0 aliphatic carbocycles. The van der Waals surface area contributed by atoms with E-state index in [0.717, 1.165) is 89.0 Å². The predicted octanol–water partition coefficient (Wildman–Crippen LogP) is 5.11. The minimum Gasteiger partial charge on any atom is -0.488 e. The molecule has 2 fully saturated rings. The molecule has 0 bridgehead atoms. The van der Waals surface area contributed by atoms with E-state index < -0.39 is 11.9 Å². The van der Waals surface area contributed by atoms with Gasteiger partial charge in [0.2, 0.25) is 0 Å². The average Bonchev–Trinajstić information content (AvgIpc) is 3.52. The summed E-state index contributed by atoms with van der Waals surface area (Å²) in [6, 6.07) is 10.3. The van der Waals surface area contributed by atoms with Gasteiger partial charge in [0.1, 0.15) is 12.4 Å². The topological polar surface area (TPSA) is 101 Å². The number of methoxy groups -OCH3 is 1. The van der Waals surface area contributed by atoms with Gasteiger partial charge in [0, 0.05) is 62.5 Å². The number of carboxylic acid groups (broad SMARTS) is 1. The number of carboxylic acids is 1. The van der Waals surface area contributed by atoms with Crippen molar-refractivity contribution in [2.45, 2.75) is 58.3 Å². The number of hydrogen-bond donors (Lipinski definition) is 1. The van der Waals surface area contributed by atoms with Crippen LogP contribution in [0.3, 0.4) is 0 Å². The fraction of sp³-hybridized carbons (Fsp3) is 0.485. The lowest BCUT2D eigenvalue weighted by Gasteiger charge is -2.38. The number of aromatic nitrogens is 1. The van der Waals surface area contributed by atoms with Crippen LogP contribution in [0.5, 0.6) is 5.75 Å². The van der Waals surface area contributed by atoms with Crippen molar-refractivity contribution in [1.29, 1.82) is 0 Å². The molecule has 228 valence electrons. The van der Waals surface area contributed by atoms with Crippen LogP contribution >= 0.6 is 11.3 Å². The third kappa shape index (κ3) is 5.88. The number of nitrogens with zero attached hydrogens (tertiary/aromatic N) is 3. The van der Waals surface area contributed by atoms with E-state index >= 15 is 0 Å². The highest BCUT2D eigenvalue weighted by Crippen LogP contribution is 2.38. The van der Waals surface area contributed by atoms with Crippen molar-refractivity contribution in [3.05, 3.63) is 63.5 Å². The summed E-state index contributed by atoms with van der Waals surface area (Å²) in [5, 5.41) is 12.4. The molecule has 1 N–H and O–H groups in total. The van der Waals surface area contributed by atoms with Crippen molar-refractivity contribution >= 4 is 28.3 Å². The van der Waals surface area contributed by atoms with E-state index in [9.17, 15) is 14.7 Å². The molecule has 2 saturated heterocycles. The maximum Gasteiger partial charge on any atom is 0.309 e. The molecule has 2 atom stereocenters. The van der Waals surface area contributed by atoms with Gasteiger partial charge in [0.05, 0.1) is 17.7 Å². The molecule has 43 heavy (non-hydrogen) atoms. The van der Waals surface area contributed by atoms with Gasteiger partial charge in [-0.2, -0.15) is 0 Å². The van der Waals surface area contributed by atoms with Gasteiger partial charge in [-0.15, -0.1) is 11.3 Å². The molecule has 4 heterocycles. The van der Waals surface area contributed by atoms with E-state index in [2.05, 4.69) is 11.8 Å². The molecule has 0 spiro atoms. The van der Waals surface area contributed by atoms with E-state index in [-0.39, 0.29) is 18.1 Å². The van der Waals surface area contributed by atoms with Crippen molar-refractivity contribution in [2.75, 3.05) is 44.9 Å². The number of para-hydroxylation sites is 1. The summed E-state index contributed by atoms with van der Waals surface area (Å²) in [5.74, 6) is -0.398. The maximum absolute atomic E-state index is 13.4. The number of hydrogen-bond acceptors (Lipinski definition) is 8. The van der Waals surface area contributed by atoms with Gasteiger partial charge in [-0.1, -0.05) is 18.2 Å². The number of benzene rings is 2. The third-order valence-corrected chi connectivity index (χ3v) is 10.1. The number of thiazole rings is 1. The first-order chi connectivity index (χ1) is 20.9. The highest BCUT2D eigenvalue weighted by atomic mass is 32.1. The quantitative estimate of drug-likeness (QED) is 0.378. The first kappa shape index (κ1) is 29.6. The van der Waals surface area contributed by atoms with Crippen molar-refractivity contribution in [2.24, 2.45) is 5.92 Å². The Kier molecular flexibility index (Phi) is 8.70. The van der Waals surface area contributed by atoms with Crippen LogP contribution in [-0.2, 0) is 27.3 Å². The highest BCUT2D eigenvalue weighted by molar-refractivity contribution is 7.14. The first-order valence-corrected chi connectivity index (χ1v) is 15.9. The summed E-state index contributed by atoms with van der Waals surface area (Å²) in [6.45, 7) is 7.83. The zero-order valence-corrected chi connectivity index (χ0v) is 25.8. The van der Waals surface area contributed by atoms with Crippen LogP contribution in [-0.4, -0.2) is 79.0 Å². The molecule has 3 aliphatic rings. The number of piperidine rings is 1. The van der Waals surface area contributed by atoms with E-state index in [1.54, 1.807) is 18.4 Å². The van der Waals surface area contributed by atoms with Crippen LogP contribution in [0.15, 0.2) is 35.7 Å². The first-order valence-electron chi connectivity index (χ1n) is 15.0. The maximum atomic E-state index is 13.4. The number of anilines is 1. The molecule has 2 aromatic carbocycles. The second-order valence-corrected chi connectivity index (χ2v) is 12.5. The van der Waals surface area contributed by atoms with Gasteiger partial charge in [0.25, 0.3) is 5.91 Å². The zero-order valence-electron chi connectivity index (χ0n) is 25.0. The van der Waals surface area contributed by atoms with Gasteiger partial charge in [0.15, 0.2) is 5.13 Å². The van der Waals surface area contributed by atoms with E-state index in [1.165, 1.54) is 0 Å². The summed E-state index contributed by atoms with van der Waals surface area (Å²) in [7, 11) is 1.57. The molecular weight excluding hydrogens is 566 g/mol. The monoisotopic (exact) mass is 605 g/mol. The van der Waals surface area contributed by atoms with Crippen LogP contribution in [0.4, 0.5) is 5.13 Å². The highest BCUT2D eigenvalue weighted by Gasteiger charge is 2.35. The molecule has 1 amide bonds. The summed E-state index contributed by atoms with van der Waals surface area (Å²) >= 11 is 1.54. The van der Waals surface area contributed by atoms with Gasteiger partial charge < -0.3 is 29.1 Å². The molecule has 9 nitrogen and oxygen atoms in total. The van der Waals surface area contributed by atoms with Crippen molar-refractivity contribution < 1.29 is 28.9 Å². The summed E-state index contributed by atoms with van der Waals surface area (Å²) in [5.41, 5.74) is 6.91. The van der Waals surface area contributed by atoms with E-state index in [0.29, 0.717) is 26.1 Å². The fourth-order valence-corrected chi connectivity index (χ4v) is 7.52. The number of rotatable bonds is 8. The fourth-order valence-electron chi connectivity index (χ4n) is 6.66. The predicted molar refractivity (Wildman–Crippen MR) is 165 cm³/mol. The Hall–Kier alpha value is -3.47. The third-order valence-electron chi connectivity index (χ3n) is 9.24. The van der Waals surface area contributed by atoms with Crippen LogP contribution in [0.1, 0.15) is 51.9 Å². The minimum absolute atomic E-state index is 0.133. The molecule has 1 aromatic heterocycles. The van der Waals surface area contributed by atoms with Crippen LogP contribution in [0, 0.1) is 19.8 Å². The lowest BCUT2D eigenvalue weighted by Crippen LogP contribution is -2.47. The van der Waals surface area contributed by atoms with Gasteiger partial charge >= 0.3 is 5.97 Å². The lowest BCUT2D eigenvalue weighted by molar-refractivity contribution is -0.147. The Morgan fingerprint density at radius 3 is 2.70 bits per heavy atom. The van der Waals surface area contributed by atoms with E-state index in [4.69, 9.17) is 19.2 Å². The molecule has 0 saturated carbocycles. The average molecular weight is 606 g/mol. The molecule has 0 radical (unpaired) electrons. The van der Waals surface area contributed by atoms with E-state index in [1.807, 2.05) is 47.5 Å². The Balaban J connectivity index is 1.18. The van der Waals surface area contributed by atoms with Gasteiger partial charge in [-0.25, -0.2) is 4.98 Å². The number of ether oxygens (including phenoxy) is 3. The smallest absolute Gasteiger partial charge is 0.309 e. The molecule has 10 heteroatoms. The number of fused-ring (bicyclic) bond motifs is 1. The number of aliphatic carboxylic acids is 1. The Bertz CT molecular complexity index is 1500. The standard InChI is InChI=1S/C33H39N3O6S/c1-20-5-4-6-26(28-19-43-33(34-28)35-13-9-27(32(38)39)29(17-35)40-3)30(20)42-18-22-7-8-25-24(21(22)2)10-14-36(31(25)37)23-11-15-41-16-12-23/h4-8,19,23,27,29H,9-18H2,1-3H3,(H,38,39)/t27-,29+/m1/s1. The van der Waals surface area contributed by atoms with Gasteiger partial charge in [-0.05, 0) is 73.9 Å². The number of amides is 1. The normalized spacial score (nSPS) is 21.1. The minimum atomic E-state index is -0.814. The zero-order chi connectivity index (χ0) is 30.1. The largest absolute Gasteiger partial charge is 0.488 e. The molecular formula is C33H39N3O6S. The summed E-state index contributed by atoms with van der Waals surface area (Å²) in [6.07, 6.45) is 2.80. The lowest BCUT2D eigenvalue weighted by atomic mass is 9.90. The second kappa shape index (κ2) is 12.6. The van der Waals surface area contributed by atoms with Crippen LogP contribution in [0.25, 0.3) is 11.3 Å². The van der Waals surface area contributed by atoms with Crippen molar-refractivity contribution in [3.63, 3.8) is 0 Å². The van der Waals surface area contributed by atoms with Gasteiger partial charge in [-0.3, -0.25) is 9.59 Å². The van der Waals surface area contributed by atoms with Crippen molar-refractivity contribution in [1.82, 2.24) is 9.88 Å². The number of carbonyl (C=O) groups excluding carboxylic acids is 1. The SMILES string of the molecule is CO[C@H]1CN(c2nc(-c3cccc(C)c3OCc3ccc4c(c3C)CCN(C3CCOCC3)C4=O)cs2)CC[C@H]1C(=O)O. The molecule has 3 aliphatic heterocycles. The number of carbonyl (C=O) groups is 2.